The smallest absolute Gasteiger partial charge is 0.399 e. The van der Waals surface area contributed by atoms with Crippen LogP contribution in [0.3, 0.4) is 0 Å². The largest absolute Gasteiger partial charge is 0.496 e. The van der Waals surface area contributed by atoms with Crippen molar-refractivity contribution in [2.24, 2.45) is 0 Å². The van der Waals surface area contributed by atoms with Crippen molar-refractivity contribution in [3.05, 3.63) is 24.0 Å². The second-order valence-electron chi connectivity index (χ2n) is 7.28. The second-order valence-corrected chi connectivity index (χ2v) is 7.28. The van der Waals surface area contributed by atoms with Crippen LogP contribution < -0.4 is 5.46 Å². The van der Waals surface area contributed by atoms with Crippen LogP contribution in [0.15, 0.2) is 18.3 Å². The third-order valence-corrected chi connectivity index (χ3v) is 4.06. The Morgan fingerprint density at radius 3 is 2.05 bits per heavy atom. The van der Waals surface area contributed by atoms with Gasteiger partial charge in [-0.1, -0.05) is 26.8 Å². The van der Waals surface area contributed by atoms with Crippen LogP contribution in [0.1, 0.15) is 54.2 Å². The van der Waals surface area contributed by atoms with Crippen molar-refractivity contribution in [2.45, 2.75) is 65.1 Å². The maximum atomic E-state index is 6.12. The number of nitrogens with zero attached hydrogens (tertiary/aromatic N) is 1. The van der Waals surface area contributed by atoms with Gasteiger partial charge in [-0.05, 0) is 33.8 Å². The third-order valence-electron chi connectivity index (χ3n) is 4.06. The van der Waals surface area contributed by atoms with Gasteiger partial charge in [0.15, 0.2) is 0 Å². The molecule has 0 bridgehead atoms. The zero-order valence-electron chi connectivity index (χ0n) is 13.1. The van der Waals surface area contributed by atoms with E-state index >= 15 is 0 Å². The van der Waals surface area contributed by atoms with Crippen LogP contribution in [0.25, 0.3) is 0 Å². The Labute approximate surface area is 116 Å². The molecule has 1 saturated heterocycles. The number of hydrogen-bond donors (Lipinski definition) is 0. The van der Waals surface area contributed by atoms with E-state index in [0.29, 0.717) is 0 Å². The molecule has 1 aliphatic heterocycles. The number of pyridine rings is 1. The number of rotatable bonds is 1. The lowest BCUT2D eigenvalue weighted by molar-refractivity contribution is 0.00578. The average molecular weight is 261 g/mol. The Bertz CT molecular complexity index is 461. The van der Waals surface area contributed by atoms with Gasteiger partial charge in [0, 0.05) is 22.8 Å². The molecule has 2 rings (SSSR count). The van der Waals surface area contributed by atoms with E-state index in [9.17, 15) is 0 Å². The minimum atomic E-state index is -0.340. The van der Waals surface area contributed by atoms with E-state index < -0.39 is 0 Å². The third kappa shape index (κ3) is 2.56. The highest BCUT2D eigenvalue weighted by Crippen LogP contribution is 2.37. The van der Waals surface area contributed by atoms with Crippen molar-refractivity contribution in [2.75, 3.05) is 0 Å². The highest BCUT2D eigenvalue weighted by atomic mass is 16.7. The van der Waals surface area contributed by atoms with Crippen molar-refractivity contribution in [1.82, 2.24) is 4.98 Å². The molecule has 0 atom stereocenters. The molecular weight excluding hydrogens is 237 g/mol. The summed E-state index contributed by atoms with van der Waals surface area (Å²) in [4.78, 5) is 4.53. The molecule has 0 radical (unpaired) electrons. The monoisotopic (exact) mass is 261 g/mol. The first kappa shape index (κ1) is 14.5. The van der Waals surface area contributed by atoms with Gasteiger partial charge in [-0.25, -0.2) is 0 Å². The normalized spacial score (nSPS) is 21.7. The summed E-state index contributed by atoms with van der Waals surface area (Å²) in [7, 11) is -0.340. The summed E-state index contributed by atoms with van der Waals surface area (Å²) >= 11 is 0. The van der Waals surface area contributed by atoms with Gasteiger partial charge >= 0.3 is 7.12 Å². The fourth-order valence-electron chi connectivity index (χ4n) is 2.20. The van der Waals surface area contributed by atoms with Crippen molar-refractivity contribution in [3.63, 3.8) is 0 Å². The lowest BCUT2D eigenvalue weighted by atomic mass is 9.72. The highest BCUT2D eigenvalue weighted by molar-refractivity contribution is 6.62. The van der Waals surface area contributed by atoms with Crippen molar-refractivity contribution < 1.29 is 9.31 Å². The van der Waals surface area contributed by atoms with E-state index in [2.05, 4.69) is 59.5 Å². The average Bonchev–Trinajstić information content (AvgIpc) is 2.47. The summed E-state index contributed by atoms with van der Waals surface area (Å²) in [5.41, 5.74) is 1.41. The summed E-state index contributed by atoms with van der Waals surface area (Å²) in [5, 5.41) is 0. The molecule has 104 valence electrons. The first-order valence-electron chi connectivity index (χ1n) is 6.86. The molecule has 2 heterocycles. The summed E-state index contributed by atoms with van der Waals surface area (Å²) in [5.74, 6) is 0. The van der Waals surface area contributed by atoms with Gasteiger partial charge in [0.2, 0.25) is 0 Å². The van der Waals surface area contributed by atoms with Gasteiger partial charge in [-0.2, -0.15) is 0 Å². The molecule has 0 aliphatic carbocycles. The van der Waals surface area contributed by atoms with E-state index in [-0.39, 0.29) is 23.7 Å². The van der Waals surface area contributed by atoms with Gasteiger partial charge in [0.25, 0.3) is 0 Å². The predicted molar refractivity (Wildman–Crippen MR) is 78.7 cm³/mol. The van der Waals surface area contributed by atoms with Crippen LogP contribution in [-0.2, 0) is 14.7 Å². The van der Waals surface area contributed by atoms with Gasteiger partial charge in [-0.15, -0.1) is 0 Å². The fraction of sp³-hybridized carbons (Fsp3) is 0.667. The first-order valence-corrected chi connectivity index (χ1v) is 6.86. The topological polar surface area (TPSA) is 31.4 Å². The molecule has 1 aliphatic rings. The van der Waals surface area contributed by atoms with Crippen molar-refractivity contribution in [3.8, 4) is 0 Å². The van der Waals surface area contributed by atoms with Crippen molar-refractivity contribution in [1.29, 1.82) is 0 Å². The Kier molecular flexibility index (Phi) is 3.31. The van der Waals surface area contributed by atoms with Gasteiger partial charge < -0.3 is 9.31 Å². The number of hydrogen-bond acceptors (Lipinski definition) is 3. The summed E-state index contributed by atoms with van der Waals surface area (Å²) in [6.45, 7) is 14.7. The Balaban J connectivity index is 2.41. The molecule has 0 unspecified atom stereocenters. The van der Waals surface area contributed by atoms with Crippen LogP contribution in [0.4, 0.5) is 0 Å². The molecule has 4 heteroatoms. The molecule has 1 aromatic heterocycles. The Morgan fingerprint density at radius 2 is 1.58 bits per heavy atom. The molecule has 0 aromatic carbocycles. The van der Waals surface area contributed by atoms with Crippen LogP contribution in [0, 0.1) is 0 Å². The van der Waals surface area contributed by atoms with E-state index in [4.69, 9.17) is 9.31 Å². The quantitative estimate of drug-likeness (QED) is 0.728. The molecule has 0 amide bonds. The van der Waals surface area contributed by atoms with E-state index in [1.165, 1.54) is 0 Å². The summed E-state index contributed by atoms with van der Waals surface area (Å²) in [6, 6.07) is 3.99. The van der Waals surface area contributed by atoms with Gasteiger partial charge in [0.1, 0.15) is 0 Å². The first-order chi connectivity index (χ1) is 8.55. The van der Waals surface area contributed by atoms with E-state index in [1.807, 2.05) is 12.3 Å². The van der Waals surface area contributed by atoms with Crippen LogP contribution in [-0.4, -0.2) is 23.3 Å². The molecule has 0 saturated carbocycles. The van der Waals surface area contributed by atoms with Crippen LogP contribution >= 0.6 is 0 Å². The maximum Gasteiger partial charge on any atom is 0.496 e. The summed E-state index contributed by atoms with van der Waals surface area (Å²) in [6.07, 6.45) is 1.83. The van der Waals surface area contributed by atoms with Gasteiger partial charge in [0.05, 0.1) is 11.2 Å². The lowest BCUT2D eigenvalue weighted by Crippen LogP contribution is -2.41. The zero-order valence-corrected chi connectivity index (χ0v) is 13.1. The minimum Gasteiger partial charge on any atom is -0.399 e. The SMILES string of the molecule is CC(C)(C)c1ncccc1B1OC(C)(C)C(C)(C)O1. The molecule has 1 fully saturated rings. The van der Waals surface area contributed by atoms with E-state index in [0.717, 1.165) is 11.2 Å². The zero-order chi connectivity index (χ0) is 14.5. The maximum absolute atomic E-state index is 6.12. The molecule has 19 heavy (non-hydrogen) atoms. The summed E-state index contributed by atoms with van der Waals surface area (Å²) < 4.78 is 12.2. The molecule has 0 spiro atoms. The van der Waals surface area contributed by atoms with Gasteiger partial charge in [-0.3, -0.25) is 4.98 Å². The second kappa shape index (κ2) is 4.32. The standard InChI is InChI=1S/C15H24BNO2/c1-13(2,3)12-11(9-8-10-17-12)16-18-14(4,5)15(6,7)19-16/h8-10H,1-7H3. The molecule has 1 aromatic rings. The lowest BCUT2D eigenvalue weighted by Gasteiger charge is -2.32. The predicted octanol–water partition coefficient (Wildman–Crippen LogP) is 2.68. The van der Waals surface area contributed by atoms with Crippen LogP contribution in [0.5, 0.6) is 0 Å². The molecule has 3 nitrogen and oxygen atoms in total. The Hall–Kier alpha value is -0.865. The minimum absolute atomic E-state index is 0.0276. The van der Waals surface area contributed by atoms with E-state index in [1.54, 1.807) is 0 Å². The highest BCUT2D eigenvalue weighted by Gasteiger charge is 2.52. The van der Waals surface area contributed by atoms with Crippen molar-refractivity contribution >= 4 is 12.6 Å². The van der Waals surface area contributed by atoms with Crippen LogP contribution in [0.2, 0.25) is 0 Å². The Morgan fingerprint density at radius 1 is 1.05 bits per heavy atom. The fourth-order valence-corrected chi connectivity index (χ4v) is 2.20. The number of aromatic nitrogens is 1. The molecular formula is C15H24BNO2. The molecule has 0 N–H and O–H groups in total.